The zero-order valence-corrected chi connectivity index (χ0v) is 34.3. The first-order valence-electron chi connectivity index (χ1n) is 20.8. The molecule has 0 spiro atoms. The maximum absolute atomic E-state index is 5.33. The maximum Gasteiger partial charge on any atom is 0.164 e. The lowest BCUT2D eigenvalue weighted by Gasteiger charge is -2.17. The lowest BCUT2D eigenvalue weighted by molar-refractivity contribution is 1.07. The fourth-order valence-electron chi connectivity index (χ4n) is 8.90. The molecule has 0 aliphatic rings. The third-order valence-corrected chi connectivity index (χ3v) is 13.1. The van der Waals surface area contributed by atoms with E-state index < -0.39 is 0 Å². The van der Waals surface area contributed by atoms with Gasteiger partial charge in [-0.15, -0.1) is 11.3 Å². The molecule has 12 rings (SSSR count). The average molecular weight is 809 g/mol. The number of benzene rings is 9. The van der Waals surface area contributed by atoms with E-state index in [1.165, 1.54) is 53.1 Å². The van der Waals surface area contributed by atoms with Gasteiger partial charge in [0.15, 0.2) is 17.5 Å². The predicted molar refractivity (Wildman–Crippen MR) is 260 cm³/mol. The molecule has 0 N–H and O–H groups in total. The summed E-state index contributed by atoms with van der Waals surface area (Å²) in [5.41, 5.74) is 13.0. The van der Waals surface area contributed by atoms with Gasteiger partial charge < -0.3 is 4.57 Å². The van der Waals surface area contributed by atoms with Crippen LogP contribution >= 0.6 is 11.3 Å². The highest BCUT2D eigenvalue weighted by atomic mass is 32.1. The van der Waals surface area contributed by atoms with Crippen molar-refractivity contribution < 1.29 is 0 Å². The van der Waals surface area contributed by atoms with Crippen LogP contribution in [0.25, 0.3) is 115 Å². The van der Waals surface area contributed by atoms with Gasteiger partial charge in [-0.2, -0.15) is 0 Å². The number of para-hydroxylation sites is 2. The third-order valence-electron chi connectivity index (χ3n) is 11.9. The van der Waals surface area contributed by atoms with Crippen molar-refractivity contribution in [3.8, 4) is 73.2 Å². The maximum atomic E-state index is 5.33. The molecule has 5 heteroatoms. The first-order valence-corrected chi connectivity index (χ1v) is 21.7. The Hall–Kier alpha value is -7.99. The second-order valence-corrected chi connectivity index (χ2v) is 16.6. The van der Waals surface area contributed by atoms with Crippen LogP contribution in [0.3, 0.4) is 0 Å². The SMILES string of the molecule is c1ccc(-c2ccc(-c3ccc(-c4cc(-n5c6ccccc6c6ccccc65)cc5c4sc4ccccc45)c(-c4nc(-c5ccccc5)nc(-c5ccccc5)n4)c3)cc2)cc1. The van der Waals surface area contributed by atoms with Crippen LogP contribution in [0.15, 0.2) is 218 Å². The topological polar surface area (TPSA) is 43.6 Å². The fraction of sp³-hybridized carbons (Fsp3) is 0. The Kier molecular flexibility index (Phi) is 8.65. The van der Waals surface area contributed by atoms with Crippen molar-refractivity contribution in [2.75, 3.05) is 0 Å². The summed E-state index contributed by atoms with van der Waals surface area (Å²) < 4.78 is 4.89. The van der Waals surface area contributed by atoms with E-state index in [0.717, 1.165) is 44.6 Å². The Bertz CT molecular complexity index is 3500. The van der Waals surface area contributed by atoms with Gasteiger partial charge in [-0.1, -0.05) is 182 Å². The van der Waals surface area contributed by atoms with Crippen LogP contribution in [-0.4, -0.2) is 19.5 Å². The van der Waals surface area contributed by atoms with Crippen LogP contribution in [0.4, 0.5) is 0 Å². The Morgan fingerprint density at radius 1 is 0.306 bits per heavy atom. The van der Waals surface area contributed by atoms with E-state index in [-0.39, 0.29) is 0 Å². The lowest BCUT2D eigenvalue weighted by atomic mass is 9.92. The second kappa shape index (κ2) is 14.9. The van der Waals surface area contributed by atoms with Gasteiger partial charge in [-0.3, -0.25) is 0 Å². The minimum absolute atomic E-state index is 0.618. The number of thiophene rings is 1. The quantitative estimate of drug-likeness (QED) is 0.161. The van der Waals surface area contributed by atoms with Gasteiger partial charge in [-0.05, 0) is 64.2 Å². The molecule has 9 aromatic carbocycles. The summed E-state index contributed by atoms with van der Waals surface area (Å²) in [5, 5.41) is 4.92. The van der Waals surface area contributed by atoms with Crippen molar-refractivity contribution in [2.24, 2.45) is 0 Å². The number of rotatable bonds is 7. The number of hydrogen-bond acceptors (Lipinski definition) is 4. The zero-order valence-electron chi connectivity index (χ0n) is 33.5. The summed E-state index contributed by atoms with van der Waals surface area (Å²) in [6.07, 6.45) is 0. The normalized spacial score (nSPS) is 11.5. The molecule has 12 aromatic rings. The summed E-state index contributed by atoms with van der Waals surface area (Å²) in [6, 6.07) is 77.6. The van der Waals surface area contributed by atoms with Crippen molar-refractivity contribution >= 4 is 53.3 Å². The number of aromatic nitrogens is 4. The van der Waals surface area contributed by atoms with Crippen molar-refractivity contribution in [3.63, 3.8) is 0 Å². The zero-order chi connectivity index (χ0) is 41.0. The van der Waals surface area contributed by atoms with Crippen LogP contribution in [0.2, 0.25) is 0 Å². The molecule has 62 heavy (non-hydrogen) atoms. The molecule has 0 aliphatic heterocycles. The van der Waals surface area contributed by atoms with Crippen LogP contribution < -0.4 is 0 Å². The molecule has 0 amide bonds. The summed E-state index contributed by atoms with van der Waals surface area (Å²) >= 11 is 1.84. The second-order valence-electron chi connectivity index (χ2n) is 15.6. The Morgan fingerprint density at radius 2 is 0.774 bits per heavy atom. The van der Waals surface area contributed by atoms with Crippen LogP contribution in [0.1, 0.15) is 0 Å². The smallest absolute Gasteiger partial charge is 0.164 e. The monoisotopic (exact) mass is 808 g/mol. The molecule has 0 saturated heterocycles. The number of fused-ring (bicyclic) bond motifs is 6. The Balaban J connectivity index is 1.15. The van der Waals surface area contributed by atoms with E-state index in [1.807, 2.05) is 47.7 Å². The highest BCUT2D eigenvalue weighted by molar-refractivity contribution is 7.26. The van der Waals surface area contributed by atoms with Crippen molar-refractivity contribution in [3.05, 3.63) is 218 Å². The van der Waals surface area contributed by atoms with Crippen LogP contribution in [0, 0.1) is 0 Å². The van der Waals surface area contributed by atoms with E-state index in [0.29, 0.717) is 17.5 Å². The molecular formula is C57H36N4S. The largest absolute Gasteiger partial charge is 0.309 e. The van der Waals surface area contributed by atoms with Crippen molar-refractivity contribution in [1.82, 2.24) is 19.5 Å². The van der Waals surface area contributed by atoms with E-state index in [1.54, 1.807) is 0 Å². The molecule has 0 fully saturated rings. The molecule has 0 radical (unpaired) electrons. The minimum Gasteiger partial charge on any atom is -0.309 e. The standard InChI is InChI=1S/C57H36N4S/c1-4-16-37(17-5-1)38-28-30-39(31-29-38)42-32-33-44(50(34-42)57-59-55(40-18-6-2-7-19-40)58-56(60-57)41-20-8-3-9-21-41)48-35-43(36-49-47-24-12-15-27-53(47)62-54(48)49)61-51-25-13-10-22-45(51)46-23-11-14-26-52(46)61/h1-36H. The van der Waals surface area contributed by atoms with Gasteiger partial charge >= 0.3 is 0 Å². The van der Waals surface area contributed by atoms with Crippen LogP contribution in [-0.2, 0) is 0 Å². The molecule has 0 unspecified atom stereocenters. The highest BCUT2D eigenvalue weighted by Gasteiger charge is 2.22. The summed E-state index contributed by atoms with van der Waals surface area (Å²) in [4.78, 5) is 15.7. The summed E-state index contributed by atoms with van der Waals surface area (Å²) in [6.45, 7) is 0. The third kappa shape index (κ3) is 6.18. The van der Waals surface area contributed by atoms with Gasteiger partial charge in [-0.25, -0.2) is 15.0 Å². The van der Waals surface area contributed by atoms with E-state index in [4.69, 9.17) is 15.0 Å². The van der Waals surface area contributed by atoms with Crippen LogP contribution in [0.5, 0.6) is 0 Å². The molecule has 0 atom stereocenters. The van der Waals surface area contributed by atoms with E-state index >= 15 is 0 Å². The number of nitrogens with zero attached hydrogens (tertiary/aromatic N) is 4. The van der Waals surface area contributed by atoms with E-state index in [9.17, 15) is 0 Å². The molecule has 0 aliphatic carbocycles. The Labute approximate surface area is 362 Å². The molecule has 4 nitrogen and oxygen atoms in total. The first kappa shape index (κ1) is 35.9. The molecule has 290 valence electrons. The summed E-state index contributed by atoms with van der Waals surface area (Å²) in [5.74, 6) is 1.88. The average Bonchev–Trinajstić information content (AvgIpc) is 3.90. The lowest BCUT2D eigenvalue weighted by Crippen LogP contribution is -2.02. The molecule has 0 bridgehead atoms. The van der Waals surface area contributed by atoms with Crippen molar-refractivity contribution in [1.29, 1.82) is 0 Å². The molecule has 0 saturated carbocycles. The summed E-state index contributed by atoms with van der Waals surface area (Å²) in [7, 11) is 0. The molecule has 3 heterocycles. The van der Waals surface area contributed by atoms with Gasteiger partial charge in [0.25, 0.3) is 0 Å². The first-order chi connectivity index (χ1) is 30.7. The van der Waals surface area contributed by atoms with Gasteiger partial charge in [0.2, 0.25) is 0 Å². The number of hydrogen-bond donors (Lipinski definition) is 0. The fourth-order valence-corrected chi connectivity index (χ4v) is 10.1. The van der Waals surface area contributed by atoms with Gasteiger partial charge in [0.1, 0.15) is 0 Å². The Morgan fingerprint density at radius 3 is 1.39 bits per heavy atom. The van der Waals surface area contributed by atoms with E-state index in [2.05, 4.69) is 187 Å². The van der Waals surface area contributed by atoms with Gasteiger partial charge in [0, 0.05) is 58.9 Å². The van der Waals surface area contributed by atoms with Crippen molar-refractivity contribution in [2.45, 2.75) is 0 Å². The highest BCUT2D eigenvalue weighted by Crippen LogP contribution is 2.46. The van der Waals surface area contributed by atoms with Gasteiger partial charge in [0.05, 0.1) is 11.0 Å². The minimum atomic E-state index is 0.618. The molecular weight excluding hydrogens is 773 g/mol. The predicted octanol–water partition coefficient (Wildman–Crippen LogP) is 15.3. The molecule has 3 aromatic heterocycles.